The van der Waals surface area contributed by atoms with Gasteiger partial charge in [0.05, 0.1) is 19.3 Å². The largest absolute Gasteiger partial charge is 0.378 e. The van der Waals surface area contributed by atoms with Gasteiger partial charge in [-0.25, -0.2) is 0 Å². The SMILES string of the molecule is Cc1cccc(C(NC(=O)CC2COCCN2)C(C)(C)C)c1.Cl. The van der Waals surface area contributed by atoms with Gasteiger partial charge in [-0.3, -0.25) is 4.79 Å². The second kappa shape index (κ2) is 8.67. The molecule has 23 heavy (non-hydrogen) atoms. The zero-order valence-electron chi connectivity index (χ0n) is 14.5. The molecule has 0 spiro atoms. The van der Waals surface area contributed by atoms with Crippen LogP contribution in [0.4, 0.5) is 0 Å². The van der Waals surface area contributed by atoms with E-state index in [0.717, 1.165) is 18.7 Å². The third-order valence-corrected chi connectivity index (χ3v) is 3.98. The van der Waals surface area contributed by atoms with Crippen LogP contribution in [0.1, 0.15) is 44.4 Å². The lowest BCUT2D eigenvalue weighted by Gasteiger charge is -2.33. The van der Waals surface area contributed by atoms with Gasteiger partial charge >= 0.3 is 0 Å². The maximum Gasteiger partial charge on any atom is 0.222 e. The molecule has 2 unspecified atom stereocenters. The Morgan fingerprint density at radius 2 is 2.17 bits per heavy atom. The first-order chi connectivity index (χ1) is 10.4. The molecular weight excluding hydrogens is 312 g/mol. The van der Waals surface area contributed by atoms with Crippen LogP contribution in [-0.4, -0.2) is 31.7 Å². The average molecular weight is 341 g/mol. The molecule has 2 rings (SSSR count). The van der Waals surface area contributed by atoms with Gasteiger partial charge in [0, 0.05) is 19.0 Å². The standard InChI is InChI=1S/C18H28N2O2.ClH/c1-13-6-5-7-14(10-13)17(18(2,3)4)20-16(21)11-15-12-22-9-8-19-15;/h5-7,10,15,17,19H,8-9,11-12H2,1-4H3,(H,20,21);1H. The second-order valence-corrected chi connectivity index (χ2v) is 7.21. The number of aryl methyl sites for hydroxylation is 1. The number of benzene rings is 1. The van der Waals surface area contributed by atoms with Crippen molar-refractivity contribution in [3.63, 3.8) is 0 Å². The molecule has 1 heterocycles. The van der Waals surface area contributed by atoms with E-state index in [4.69, 9.17) is 4.74 Å². The maximum absolute atomic E-state index is 12.4. The first-order valence-electron chi connectivity index (χ1n) is 8.03. The Morgan fingerprint density at radius 3 is 2.74 bits per heavy atom. The van der Waals surface area contributed by atoms with E-state index in [-0.39, 0.29) is 35.8 Å². The Morgan fingerprint density at radius 1 is 1.43 bits per heavy atom. The quantitative estimate of drug-likeness (QED) is 0.885. The van der Waals surface area contributed by atoms with Gasteiger partial charge < -0.3 is 15.4 Å². The summed E-state index contributed by atoms with van der Waals surface area (Å²) in [6.45, 7) is 10.7. The molecule has 1 saturated heterocycles. The van der Waals surface area contributed by atoms with E-state index < -0.39 is 0 Å². The minimum absolute atomic E-state index is 0. The zero-order chi connectivity index (χ0) is 16.2. The molecule has 0 aliphatic carbocycles. The minimum Gasteiger partial charge on any atom is -0.378 e. The van der Waals surface area contributed by atoms with Gasteiger partial charge in [0.2, 0.25) is 5.91 Å². The van der Waals surface area contributed by atoms with E-state index >= 15 is 0 Å². The molecule has 130 valence electrons. The molecule has 1 aliphatic heterocycles. The van der Waals surface area contributed by atoms with E-state index in [0.29, 0.717) is 13.0 Å². The van der Waals surface area contributed by atoms with Crippen molar-refractivity contribution >= 4 is 18.3 Å². The number of nitrogens with one attached hydrogen (secondary N) is 2. The summed E-state index contributed by atoms with van der Waals surface area (Å²) >= 11 is 0. The minimum atomic E-state index is -0.0417. The van der Waals surface area contributed by atoms with E-state index in [9.17, 15) is 4.79 Å². The normalized spacial score (nSPS) is 19.6. The van der Waals surface area contributed by atoms with Gasteiger partial charge in [0.15, 0.2) is 0 Å². The van der Waals surface area contributed by atoms with Crippen LogP contribution in [0.15, 0.2) is 24.3 Å². The van der Waals surface area contributed by atoms with Crippen LogP contribution in [0.3, 0.4) is 0 Å². The van der Waals surface area contributed by atoms with Crippen molar-refractivity contribution in [1.29, 1.82) is 0 Å². The van der Waals surface area contributed by atoms with Crippen molar-refractivity contribution in [3.8, 4) is 0 Å². The fourth-order valence-corrected chi connectivity index (χ4v) is 2.84. The molecule has 1 aliphatic rings. The summed E-state index contributed by atoms with van der Waals surface area (Å²) in [4.78, 5) is 12.4. The van der Waals surface area contributed by atoms with Crippen LogP contribution < -0.4 is 10.6 Å². The summed E-state index contributed by atoms with van der Waals surface area (Å²) in [7, 11) is 0. The van der Waals surface area contributed by atoms with Crippen LogP contribution >= 0.6 is 12.4 Å². The lowest BCUT2D eigenvalue weighted by molar-refractivity contribution is -0.123. The van der Waals surface area contributed by atoms with Crippen molar-refractivity contribution in [2.45, 2.75) is 46.2 Å². The molecule has 0 aromatic heterocycles. The Bertz CT molecular complexity index is 508. The molecule has 1 fully saturated rings. The molecule has 1 amide bonds. The van der Waals surface area contributed by atoms with Gasteiger partial charge in [-0.15, -0.1) is 12.4 Å². The van der Waals surface area contributed by atoms with E-state index in [1.807, 2.05) is 6.07 Å². The van der Waals surface area contributed by atoms with E-state index in [1.54, 1.807) is 0 Å². The Hall–Kier alpha value is -1.10. The Balaban J connectivity index is 0.00000264. The maximum atomic E-state index is 12.4. The zero-order valence-corrected chi connectivity index (χ0v) is 15.3. The summed E-state index contributed by atoms with van der Waals surface area (Å²) in [5, 5.41) is 6.54. The van der Waals surface area contributed by atoms with Crippen molar-refractivity contribution < 1.29 is 9.53 Å². The number of ether oxygens (including phenoxy) is 1. The molecule has 1 aromatic rings. The van der Waals surface area contributed by atoms with E-state index in [1.165, 1.54) is 5.56 Å². The first kappa shape index (κ1) is 19.9. The van der Waals surface area contributed by atoms with Gasteiger partial charge in [0.1, 0.15) is 0 Å². The van der Waals surface area contributed by atoms with Gasteiger partial charge in [-0.2, -0.15) is 0 Å². The van der Waals surface area contributed by atoms with Crippen LogP contribution in [0.5, 0.6) is 0 Å². The van der Waals surface area contributed by atoms with Crippen LogP contribution in [0.2, 0.25) is 0 Å². The summed E-state index contributed by atoms with van der Waals surface area (Å²) in [5.41, 5.74) is 2.33. The topological polar surface area (TPSA) is 50.4 Å². The Kier molecular flexibility index (Phi) is 7.52. The summed E-state index contributed by atoms with van der Waals surface area (Å²) in [5.74, 6) is 0.0735. The van der Waals surface area contributed by atoms with Gasteiger partial charge in [-0.05, 0) is 17.9 Å². The number of morpholine rings is 1. The molecule has 2 atom stereocenters. The highest BCUT2D eigenvalue weighted by molar-refractivity contribution is 5.85. The Labute approximate surface area is 145 Å². The molecule has 0 radical (unpaired) electrons. The van der Waals surface area contributed by atoms with Crippen LogP contribution in [0.25, 0.3) is 0 Å². The van der Waals surface area contributed by atoms with Crippen LogP contribution in [-0.2, 0) is 9.53 Å². The number of amides is 1. The number of rotatable bonds is 4. The average Bonchev–Trinajstić information content (AvgIpc) is 2.44. The number of carbonyl (C=O) groups is 1. The molecule has 5 heteroatoms. The molecule has 0 bridgehead atoms. The molecule has 0 saturated carbocycles. The summed E-state index contributed by atoms with van der Waals surface area (Å²) in [6.07, 6.45) is 0.457. The molecule has 4 nitrogen and oxygen atoms in total. The van der Waals surface area contributed by atoms with Crippen molar-refractivity contribution in [2.75, 3.05) is 19.8 Å². The highest BCUT2D eigenvalue weighted by atomic mass is 35.5. The van der Waals surface area contributed by atoms with Crippen LogP contribution in [0, 0.1) is 12.3 Å². The van der Waals surface area contributed by atoms with Gasteiger partial charge in [0.25, 0.3) is 0 Å². The highest BCUT2D eigenvalue weighted by Gasteiger charge is 2.28. The number of halogens is 1. The monoisotopic (exact) mass is 340 g/mol. The smallest absolute Gasteiger partial charge is 0.222 e. The van der Waals surface area contributed by atoms with E-state index in [2.05, 4.69) is 56.5 Å². The third-order valence-electron chi connectivity index (χ3n) is 3.98. The summed E-state index contributed by atoms with van der Waals surface area (Å²) < 4.78 is 5.41. The fraction of sp³-hybridized carbons (Fsp3) is 0.611. The highest BCUT2D eigenvalue weighted by Crippen LogP contribution is 2.33. The lowest BCUT2D eigenvalue weighted by Crippen LogP contribution is -2.45. The third kappa shape index (κ3) is 6.13. The predicted molar refractivity (Wildman–Crippen MR) is 96.0 cm³/mol. The summed E-state index contributed by atoms with van der Waals surface area (Å²) in [6, 6.07) is 8.49. The number of hydrogen-bond acceptors (Lipinski definition) is 3. The molecule has 1 aromatic carbocycles. The predicted octanol–water partition coefficient (Wildman–Crippen LogP) is 3.00. The van der Waals surface area contributed by atoms with Crippen molar-refractivity contribution in [3.05, 3.63) is 35.4 Å². The lowest BCUT2D eigenvalue weighted by atomic mass is 9.82. The van der Waals surface area contributed by atoms with Crippen molar-refractivity contribution in [2.24, 2.45) is 5.41 Å². The fourth-order valence-electron chi connectivity index (χ4n) is 2.84. The number of hydrogen-bond donors (Lipinski definition) is 2. The van der Waals surface area contributed by atoms with Crippen molar-refractivity contribution in [1.82, 2.24) is 10.6 Å². The molecule has 2 N–H and O–H groups in total. The second-order valence-electron chi connectivity index (χ2n) is 7.21. The molecular formula is C18H29ClN2O2. The van der Waals surface area contributed by atoms with Gasteiger partial charge in [-0.1, -0.05) is 50.6 Å². The number of carbonyl (C=O) groups excluding carboxylic acids is 1. The first-order valence-corrected chi connectivity index (χ1v) is 8.03.